The lowest BCUT2D eigenvalue weighted by Gasteiger charge is -2.61. The van der Waals surface area contributed by atoms with Gasteiger partial charge in [0, 0.05) is 23.5 Å². The fraction of sp³-hybridized carbons (Fsp3) is 0.952. The van der Waals surface area contributed by atoms with E-state index in [1.807, 2.05) is 0 Å². The van der Waals surface area contributed by atoms with Crippen molar-refractivity contribution in [3.63, 3.8) is 0 Å². The Morgan fingerprint density at radius 2 is 2.04 bits per heavy atom. The lowest BCUT2D eigenvalue weighted by atomic mass is 9.47. The summed E-state index contributed by atoms with van der Waals surface area (Å²) in [5, 5.41) is 4.03. The van der Waals surface area contributed by atoms with Crippen molar-refractivity contribution in [3.05, 3.63) is 0 Å². The summed E-state index contributed by atoms with van der Waals surface area (Å²) in [6.07, 6.45) is 11.6. The van der Waals surface area contributed by atoms with Crippen molar-refractivity contribution in [2.45, 2.75) is 82.8 Å². The van der Waals surface area contributed by atoms with Crippen LogP contribution in [0.3, 0.4) is 0 Å². The topological polar surface area (TPSA) is 41.6 Å². The highest BCUT2D eigenvalue weighted by atomic mass is 16.5. The second-order valence-electron chi connectivity index (χ2n) is 9.60. The first kappa shape index (κ1) is 16.6. The summed E-state index contributed by atoms with van der Waals surface area (Å²) in [6.45, 7) is 4.91. The molecule has 0 aromatic rings. The summed E-state index contributed by atoms with van der Waals surface area (Å²) in [5.74, 6) is 0.883. The highest BCUT2D eigenvalue weighted by molar-refractivity contribution is 5.74. The Balaban J connectivity index is 1.65. The Morgan fingerprint density at radius 1 is 1.20 bits per heavy atom. The number of hydrogen-bond donors (Lipinski definition) is 1. The first-order valence-electron chi connectivity index (χ1n) is 10.7. The van der Waals surface area contributed by atoms with E-state index in [-0.39, 0.29) is 11.9 Å². The second kappa shape index (κ2) is 5.69. The van der Waals surface area contributed by atoms with Crippen LogP contribution >= 0.6 is 0 Å². The zero-order chi connectivity index (χ0) is 17.2. The van der Waals surface area contributed by atoms with E-state index in [0.717, 1.165) is 12.3 Å². The number of carbonyl (C=O) groups excluding carboxylic acids is 1. The van der Waals surface area contributed by atoms with E-state index in [4.69, 9.17) is 4.74 Å². The van der Waals surface area contributed by atoms with Gasteiger partial charge in [-0.2, -0.15) is 0 Å². The number of rotatable bonds is 2. The molecule has 4 heteroatoms. The van der Waals surface area contributed by atoms with Crippen LogP contribution in [0.4, 0.5) is 0 Å². The molecular weight excluding hydrogens is 312 g/mol. The molecule has 7 atom stereocenters. The number of ether oxygens (including phenoxy) is 1. The van der Waals surface area contributed by atoms with Crippen LogP contribution in [0.15, 0.2) is 0 Å². The average molecular weight is 347 g/mol. The number of hydrogen-bond acceptors (Lipinski definition) is 4. The van der Waals surface area contributed by atoms with Gasteiger partial charge in [-0.3, -0.25) is 9.69 Å². The molecule has 0 aromatic heterocycles. The molecule has 4 nitrogen and oxygen atoms in total. The zero-order valence-corrected chi connectivity index (χ0v) is 15.9. The van der Waals surface area contributed by atoms with Gasteiger partial charge in [-0.25, -0.2) is 0 Å². The molecule has 1 N–H and O–H groups in total. The van der Waals surface area contributed by atoms with Gasteiger partial charge in [0.15, 0.2) is 0 Å². The minimum Gasteiger partial charge on any atom is -0.469 e. The summed E-state index contributed by atoms with van der Waals surface area (Å²) >= 11 is 0. The van der Waals surface area contributed by atoms with Crippen molar-refractivity contribution >= 4 is 5.97 Å². The van der Waals surface area contributed by atoms with Gasteiger partial charge in [-0.05, 0) is 69.4 Å². The van der Waals surface area contributed by atoms with Crippen LogP contribution in [-0.4, -0.2) is 49.2 Å². The van der Waals surface area contributed by atoms with E-state index in [9.17, 15) is 4.79 Å². The molecule has 3 saturated heterocycles. The van der Waals surface area contributed by atoms with Crippen molar-refractivity contribution in [3.8, 4) is 0 Å². The molecule has 1 spiro atoms. The SMILES string of the molecule is CC[C@]12CCCN3CC[C@@]4(C5CCCCC5N[C@H]4[C@@H](C(=O)OC)C1)[C@@H]32. The molecule has 5 aliphatic rings. The first-order valence-corrected chi connectivity index (χ1v) is 10.7. The molecule has 2 unspecified atom stereocenters. The van der Waals surface area contributed by atoms with E-state index in [2.05, 4.69) is 17.1 Å². The third-order valence-corrected chi connectivity index (χ3v) is 9.07. The Kier molecular flexibility index (Phi) is 3.77. The Bertz CT molecular complexity index is 566. The predicted octanol–water partition coefficient (Wildman–Crippen LogP) is 2.96. The summed E-state index contributed by atoms with van der Waals surface area (Å²) in [7, 11) is 1.59. The minimum atomic E-state index is 0.0471. The zero-order valence-electron chi connectivity index (χ0n) is 15.9. The molecule has 25 heavy (non-hydrogen) atoms. The van der Waals surface area contributed by atoms with Crippen molar-refractivity contribution in [2.24, 2.45) is 22.7 Å². The van der Waals surface area contributed by atoms with Gasteiger partial charge >= 0.3 is 5.97 Å². The fourth-order valence-corrected chi connectivity index (χ4v) is 8.36. The molecular formula is C21H34N2O2. The van der Waals surface area contributed by atoms with Crippen LogP contribution in [0.5, 0.6) is 0 Å². The van der Waals surface area contributed by atoms with E-state index in [1.54, 1.807) is 7.11 Å². The maximum absolute atomic E-state index is 12.8. The van der Waals surface area contributed by atoms with E-state index in [1.165, 1.54) is 64.5 Å². The monoisotopic (exact) mass is 346 g/mol. The Labute approximate surface area is 152 Å². The molecule has 0 aromatic carbocycles. The molecule has 0 radical (unpaired) electrons. The number of piperidine rings is 1. The number of esters is 1. The largest absolute Gasteiger partial charge is 0.469 e. The highest BCUT2D eigenvalue weighted by Gasteiger charge is 2.72. The highest BCUT2D eigenvalue weighted by Crippen LogP contribution is 2.67. The van der Waals surface area contributed by atoms with Gasteiger partial charge in [0.05, 0.1) is 13.0 Å². The molecule has 3 heterocycles. The number of nitrogens with one attached hydrogen (secondary N) is 1. The van der Waals surface area contributed by atoms with Crippen LogP contribution in [0.25, 0.3) is 0 Å². The molecule has 140 valence electrons. The van der Waals surface area contributed by atoms with Gasteiger partial charge in [0.1, 0.15) is 0 Å². The van der Waals surface area contributed by atoms with Crippen molar-refractivity contribution in [2.75, 3.05) is 20.2 Å². The number of nitrogens with zero attached hydrogens (tertiary/aromatic N) is 1. The third kappa shape index (κ3) is 1.99. The number of carbonyl (C=O) groups is 1. The summed E-state index contributed by atoms with van der Waals surface area (Å²) in [6, 6.07) is 1.69. The minimum absolute atomic E-state index is 0.0471. The van der Waals surface area contributed by atoms with Crippen molar-refractivity contribution in [1.29, 1.82) is 0 Å². The standard InChI is InChI=1S/C21H34N2O2/c1-3-20-9-6-11-23-12-10-21(19(20)23)15-7-4-5-8-16(15)22-17(21)14(13-20)18(24)25-2/h14-17,19,22H,3-13H2,1-2H3/t14-,15?,16?,17-,19-,20-,21-/m0/s1. The first-order chi connectivity index (χ1) is 12.2. The summed E-state index contributed by atoms with van der Waals surface area (Å²) in [4.78, 5) is 15.7. The molecule has 2 aliphatic carbocycles. The molecule has 3 aliphatic heterocycles. The van der Waals surface area contributed by atoms with Crippen LogP contribution in [0, 0.1) is 22.7 Å². The van der Waals surface area contributed by atoms with Crippen LogP contribution < -0.4 is 5.32 Å². The lowest BCUT2D eigenvalue weighted by Crippen LogP contribution is -2.66. The fourth-order valence-electron chi connectivity index (χ4n) is 8.36. The summed E-state index contributed by atoms with van der Waals surface area (Å²) in [5.41, 5.74) is 0.650. The van der Waals surface area contributed by atoms with Crippen LogP contribution in [-0.2, 0) is 9.53 Å². The quantitative estimate of drug-likeness (QED) is 0.781. The second-order valence-corrected chi connectivity index (χ2v) is 9.60. The predicted molar refractivity (Wildman–Crippen MR) is 97.2 cm³/mol. The van der Waals surface area contributed by atoms with Gasteiger partial charge in [0.2, 0.25) is 0 Å². The maximum Gasteiger partial charge on any atom is 0.310 e. The van der Waals surface area contributed by atoms with Gasteiger partial charge in [0.25, 0.3) is 0 Å². The molecule has 5 fully saturated rings. The maximum atomic E-state index is 12.8. The average Bonchev–Trinajstić information content (AvgIpc) is 3.21. The molecule has 0 bridgehead atoms. The van der Waals surface area contributed by atoms with Crippen molar-refractivity contribution < 1.29 is 9.53 Å². The van der Waals surface area contributed by atoms with Crippen LogP contribution in [0.2, 0.25) is 0 Å². The van der Waals surface area contributed by atoms with Gasteiger partial charge in [-0.15, -0.1) is 0 Å². The van der Waals surface area contributed by atoms with Crippen molar-refractivity contribution in [1.82, 2.24) is 10.2 Å². The number of fused-ring (bicyclic) bond motifs is 1. The molecule has 2 saturated carbocycles. The van der Waals surface area contributed by atoms with E-state index >= 15 is 0 Å². The molecule has 0 amide bonds. The van der Waals surface area contributed by atoms with Gasteiger partial charge in [-0.1, -0.05) is 19.8 Å². The lowest BCUT2D eigenvalue weighted by molar-refractivity contribution is -0.160. The third-order valence-electron chi connectivity index (χ3n) is 9.07. The van der Waals surface area contributed by atoms with Gasteiger partial charge < -0.3 is 10.1 Å². The normalized spacial score (nSPS) is 51.5. The number of methoxy groups -OCH3 is 1. The smallest absolute Gasteiger partial charge is 0.310 e. The van der Waals surface area contributed by atoms with E-state index < -0.39 is 0 Å². The van der Waals surface area contributed by atoms with Crippen LogP contribution in [0.1, 0.15) is 64.7 Å². The summed E-state index contributed by atoms with van der Waals surface area (Å²) < 4.78 is 5.33. The Morgan fingerprint density at radius 3 is 2.84 bits per heavy atom. The van der Waals surface area contributed by atoms with E-state index in [0.29, 0.717) is 29.0 Å². The molecule has 5 rings (SSSR count). The Hall–Kier alpha value is -0.610.